The Morgan fingerprint density at radius 2 is 1.60 bits per heavy atom. The first-order valence-corrected chi connectivity index (χ1v) is 17.0. The van der Waals surface area contributed by atoms with Crippen molar-refractivity contribution >= 4 is 36.5 Å². The maximum atomic E-state index is 13.5. The average molecular weight is 618 g/mol. The van der Waals surface area contributed by atoms with Crippen LogP contribution < -0.4 is 15.4 Å². The Balaban J connectivity index is 1.57. The first-order valence-electron chi connectivity index (χ1n) is 13.3. The molecule has 0 aliphatic heterocycles. The van der Waals surface area contributed by atoms with E-state index in [1.54, 1.807) is 37.3 Å². The number of nitrogens with zero attached hydrogens (tertiary/aromatic N) is 3. The Kier molecular flexibility index (Phi) is 9.14. The van der Waals surface area contributed by atoms with Crippen molar-refractivity contribution in [2.45, 2.75) is 52.0 Å². The highest BCUT2D eigenvalue weighted by atomic mass is 32.1. The van der Waals surface area contributed by atoms with Crippen molar-refractivity contribution in [3.05, 3.63) is 71.2 Å². The third kappa shape index (κ3) is 7.20. The predicted molar refractivity (Wildman–Crippen MR) is 162 cm³/mol. The molecule has 2 heterocycles. The number of nitrogens with one attached hydrogen (secondary N) is 2. The van der Waals surface area contributed by atoms with Crippen LogP contribution in [0.1, 0.15) is 31.3 Å². The van der Waals surface area contributed by atoms with Crippen molar-refractivity contribution < 1.29 is 27.1 Å². The lowest BCUT2D eigenvalue weighted by atomic mass is 10.2. The number of alkyl halides is 3. The van der Waals surface area contributed by atoms with Crippen LogP contribution in [0.4, 0.5) is 28.8 Å². The molecule has 4 aromatic rings. The molecule has 0 aliphatic carbocycles. The molecule has 42 heavy (non-hydrogen) atoms. The summed E-state index contributed by atoms with van der Waals surface area (Å²) in [5.74, 6) is 0.607. The third-order valence-electron chi connectivity index (χ3n) is 7.05. The predicted octanol–water partition coefficient (Wildman–Crippen LogP) is 8.37. The lowest BCUT2D eigenvalue weighted by molar-refractivity contribution is -0.137. The first kappa shape index (κ1) is 31.3. The van der Waals surface area contributed by atoms with Crippen molar-refractivity contribution in [2.24, 2.45) is 0 Å². The molecule has 0 fully saturated rings. The van der Waals surface area contributed by atoms with Gasteiger partial charge in [-0.3, -0.25) is 10.6 Å². The maximum Gasteiger partial charge on any atom is 0.443 e. The fraction of sp³-hybridized carbons (Fsp3) is 0.345. The standard InChI is InChI=1S/C29H34F3N5O3SSi/c1-19-23(34-27(38)35-25-22(20-13-9-7-10-14-20)33-26(41-25)29(30,31)32)37(21-15-11-8-12-16-21)36-24(19)39-17-18-40-42(5,6)28(2,3)4/h7-16H,17-18H2,1-6H3,(H2,34,35,38). The number of carbonyl (C=O) groups excluding carboxylic acids is 1. The minimum atomic E-state index is -4.66. The molecule has 2 aromatic carbocycles. The average Bonchev–Trinajstić information content (AvgIpc) is 3.48. The number of urea groups is 1. The number of hydrogen-bond donors (Lipinski definition) is 2. The summed E-state index contributed by atoms with van der Waals surface area (Å²) in [4.78, 5) is 17.0. The number of halogens is 3. The van der Waals surface area contributed by atoms with Crippen LogP contribution >= 0.6 is 11.3 Å². The van der Waals surface area contributed by atoms with Gasteiger partial charge in [-0.1, -0.05) is 80.6 Å². The van der Waals surface area contributed by atoms with Gasteiger partial charge in [0.25, 0.3) is 0 Å². The molecular weight excluding hydrogens is 583 g/mol. The fourth-order valence-electron chi connectivity index (χ4n) is 3.73. The Morgan fingerprint density at radius 1 is 0.976 bits per heavy atom. The zero-order valence-electron chi connectivity index (χ0n) is 24.3. The number of para-hydroxylation sites is 1. The Labute approximate surface area is 248 Å². The summed E-state index contributed by atoms with van der Waals surface area (Å²) in [5.41, 5.74) is 1.68. The summed E-state index contributed by atoms with van der Waals surface area (Å²) >= 11 is 0.361. The normalized spacial score (nSPS) is 12.3. The Hall–Kier alpha value is -3.68. The molecule has 0 spiro atoms. The number of rotatable bonds is 9. The first-order chi connectivity index (χ1) is 19.7. The molecule has 0 saturated carbocycles. The van der Waals surface area contributed by atoms with Crippen molar-refractivity contribution in [3.8, 4) is 22.8 Å². The smallest absolute Gasteiger partial charge is 0.443 e. The van der Waals surface area contributed by atoms with Gasteiger partial charge < -0.3 is 9.16 Å². The number of benzene rings is 2. The van der Waals surface area contributed by atoms with Gasteiger partial charge in [0.2, 0.25) is 10.9 Å². The van der Waals surface area contributed by atoms with E-state index in [9.17, 15) is 18.0 Å². The van der Waals surface area contributed by atoms with E-state index in [-0.39, 0.29) is 22.3 Å². The van der Waals surface area contributed by atoms with Crippen molar-refractivity contribution in [1.29, 1.82) is 0 Å². The minimum absolute atomic E-state index is 0.0297. The summed E-state index contributed by atoms with van der Waals surface area (Å²) in [7, 11) is -1.96. The largest absolute Gasteiger partial charge is 0.474 e. The van der Waals surface area contributed by atoms with E-state index in [4.69, 9.17) is 9.16 Å². The van der Waals surface area contributed by atoms with E-state index >= 15 is 0 Å². The molecule has 2 aromatic heterocycles. The highest BCUT2D eigenvalue weighted by Gasteiger charge is 2.38. The number of hydrogen-bond acceptors (Lipinski definition) is 6. The molecule has 13 heteroatoms. The third-order valence-corrected chi connectivity index (χ3v) is 12.6. The zero-order chi connectivity index (χ0) is 30.7. The number of ether oxygens (including phenoxy) is 1. The number of aromatic nitrogens is 3. The second kappa shape index (κ2) is 12.3. The molecule has 224 valence electrons. The van der Waals surface area contributed by atoms with Gasteiger partial charge in [0.15, 0.2) is 8.32 Å². The molecule has 0 radical (unpaired) electrons. The van der Waals surface area contributed by atoms with Crippen LogP contribution in [0.5, 0.6) is 5.88 Å². The summed E-state index contributed by atoms with van der Waals surface area (Å²) in [6.45, 7) is 13.2. The maximum absolute atomic E-state index is 13.5. The Morgan fingerprint density at radius 3 is 2.19 bits per heavy atom. The van der Waals surface area contributed by atoms with E-state index < -0.39 is 25.5 Å². The van der Waals surface area contributed by atoms with Crippen molar-refractivity contribution in [2.75, 3.05) is 23.8 Å². The molecule has 0 saturated heterocycles. The molecule has 2 N–H and O–H groups in total. The molecule has 2 amide bonds. The molecule has 4 rings (SSSR count). The monoisotopic (exact) mass is 617 g/mol. The number of anilines is 2. The molecule has 8 nitrogen and oxygen atoms in total. The van der Waals surface area contributed by atoms with Gasteiger partial charge >= 0.3 is 12.2 Å². The highest BCUT2D eigenvalue weighted by Crippen LogP contribution is 2.41. The van der Waals surface area contributed by atoms with Gasteiger partial charge in [-0.25, -0.2) is 14.5 Å². The molecule has 0 bridgehead atoms. The van der Waals surface area contributed by atoms with Gasteiger partial charge in [-0.2, -0.15) is 13.2 Å². The fourth-order valence-corrected chi connectivity index (χ4v) is 5.60. The van der Waals surface area contributed by atoms with Crippen LogP contribution in [0.2, 0.25) is 18.1 Å². The number of thiazole rings is 1. The number of carbonyl (C=O) groups is 1. The molecule has 0 unspecified atom stereocenters. The van der Waals surface area contributed by atoms with E-state index in [1.165, 1.54) is 4.68 Å². The SMILES string of the molecule is Cc1c(OCCO[Si](C)(C)C(C)(C)C)nn(-c2ccccc2)c1NC(=O)Nc1sc(C(F)(F)F)nc1-c1ccccc1. The zero-order valence-corrected chi connectivity index (χ0v) is 26.1. The van der Waals surface area contributed by atoms with Gasteiger partial charge in [-0.15, -0.1) is 5.10 Å². The lowest BCUT2D eigenvalue weighted by Crippen LogP contribution is -2.41. The van der Waals surface area contributed by atoms with Crippen LogP contribution in [0.25, 0.3) is 16.9 Å². The summed E-state index contributed by atoms with van der Waals surface area (Å²) in [5, 5.41) is 8.85. The van der Waals surface area contributed by atoms with Gasteiger partial charge in [0.1, 0.15) is 23.1 Å². The minimum Gasteiger partial charge on any atom is -0.474 e. The highest BCUT2D eigenvalue weighted by molar-refractivity contribution is 7.16. The topological polar surface area (TPSA) is 90.3 Å². The second-order valence-electron chi connectivity index (χ2n) is 11.1. The van der Waals surface area contributed by atoms with E-state index in [2.05, 4.69) is 54.6 Å². The van der Waals surface area contributed by atoms with Gasteiger partial charge in [0, 0.05) is 5.56 Å². The van der Waals surface area contributed by atoms with Crippen LogP contribution in [-0.2, 0) is 10.6 Å². The van der Waals surface area contributed by atoms with Crippen LogP contribution in [-0.4, -0.2) is 42.3 Å². The van der Waals surface area contributed by atoms with Gasteiger partial charge in [0.05, 0.1) is 17.9 Å². The summed E-state index contributed by atoms with van der Waals surface area (Å²) < 4.78 is 54.2. The molecular formula is C29H34F3N5O3SSi. The van der Waals surface area contributed by atoms with Gasteiger partial charge in [-0.05, 0) is 37.2 Å². The lowest BCUT2D eigenvalue weighted by Gasteiger charge is -2.36. The number of amides is 2. The summed E-state index contributed by atoms with van der Waals surface area (Å²) in [6.07, 6.45) is -4.66. The van der Waals surface area contributed by atoms with Crippen LogP contribution in [0.15, 0.2) is 60.7 Å². The van der Waals surface area contributed by atoms with Crippen molar-refractivity contribution in [1.82, 2.24) is 14.8 Å². The Bertz CT molecular complexity index is 1520. The molecule has 0 aliphatic rings. The second-order valence-corrected chi connectivity index (χ2v) is 16.9. The summed E-state index contributed by atoms with van der Waals surface area (Å²) in [6, 6.07) is 16.7. The van der Waals surface area contributed by atoms with E-state index in [0.717, 1.165) is 0 Å². The van der Waals surface area contributed by atoms with E-state index in [1.807, 2.05) is 30.3 Å². The van der Waals surface area contributed by atoms with Crippen LogP contribution in [0.3, 0.4) is 0 Å². The quantitative estimate of drug-likeness (QED) is 0.146. The molecule has 0 atom stereocenters. The van der Waals surface area contributed by atoms with E-state index in [0.29, 0.717) is 46.5 Å². The van der Waals surface area contributed by atoms with Crippen molar-refractivity contribution in [3.63, 3.8) is 0 Å². The van der Waals surface area contributed by atoms with Crippen LogP contribution in [0, 0.1) is 6.92 Å².